The maximum atomic E-state index is 11.6. The number of aliphatic carboxylic acids is 1. The summed E-state index contributed by atoms with van der Waals surface area (Å²) in [6.07, 6.45) is -0.664. The molecule has 0 radical (unpaired) electrons. The molecule has 1 amide bonds. The summed E-state index contributed by atoms with van der Waals surface area (Å²) in [5.41, 5.74) is 5.23. The second-order valence-electron chi connectivity index (χ2n) is 5.53. The van der Waals surface area contributed by atoms with Crippen LogP contribution >= 0.6 is 0 Å². The Balaban J connectivity index is 2.88. The molecule has 0 aliphatic carbocycles. The summed E-state index contributed by atoms with van der Waals surface area (Å²) in [6, 6.07) is 4.14. The molecule has 0 aliphatic heterocycles. The molecule has 0 saturated carbocycles. The number of carboxylic acids is 1. The topological polar surface area (TPSA) is 122 Å². The highest BCUT2D eigenvalue weighted by molar-refractivity contribution is 5.85. The van der Waals surface area contributed by atoms with Crippen molar-refractivity contribution in [3.8, 4) is 5.75 Å². The van der Waals surface area contributed by atoms with Crippen LogP contribution < -0.4 is 11.1 Å². The Kier molecular flexibility index (Phi) is 5.15. The first-order valence-electron chi connectivity index (χ1n) is 6.40. The van der Waals surface area contributed by atoms with Crippen molar-refractivity contribution in [3.63, 3.8) is 0 Å². The molecule has 1 atom stereocenters. The third-order valence-electron chi connectivity index (χ3n) is 2.58. The lowest BCUT2D eigenvalue weighted by atomic mass is 9.98. The van der Waals surface area contributed by atoms with E-state index in [4.69, 9.17) is 15.6 Å². The zero-order valence-corrected chi connectivity index (χ0v) is 12.2. The van der Waals surface area contributed by atoms with Gasteiger partial charge in [0.15, 0.2) is 0 Å². The fourth-order valence-electron chi connectivity index (χ4n) is 1.70. The van der Waals surface area contributed by atoms with Gasteiger partial charge in [0.1, 0.15) is 11.4 Å². The van der Waals surface area contributed by atoms with Crippen molar-refractivity contribution in [1.29, 1.82) is 0 Å². The van der Waals surface area contributed by atoms with E-state index in [0.717, 1.165) is 0 Å². The Bertz CT molecular complexity index is 537. The lowest BCUT2D eigenvalue weighted by Crippen LogP contribution is -2.27. The number of carbonyl (C=O) groups is 2. The standard InChI is InChI=1S/C14H20N2O5/c1-14(2,3)21-13(20)16-8-4-5-9(11(17)6-8)10(7-15)12(18)19/h4-6,10,17H,7,15H2,1-3H3,(H,16,20)(H,18,19). The average molecular weight is 296 g/mol. The van der Waals surface area contributed by atoms with Gasteiger partial charge in [-0.2, -0.15) is 0 Å². The Hall–Kier alpha value is -2.28. The molecule has 21 heavy (non-hydrogen) atoms. The third kappa shape index (κ3) is 4.96. The van der Waals surface area contributed by atoms with Gasteiger partial charge in [-0.05, 0) is 26.8 Å². The monoisotopic (exact) mass is 296 g/mol. The van der Waals surface area contributed by atoms with Gasteiger partial charge >= 0.3 is 12.1 Å². The summed E-state index contributed by atoms with van der Waals surface area (Å²) in [5.74, 6) is -2.37. The van der Waals surface area contributed by atoms with E-state index in [0.29, 0.717) is 5.69 Å². The molecule has 0 fully saturated rings. The van der Waals surface area contributed by atoms with E-state index in [-0.39, 0.29) is 17.9 Å². The minimum Gasteiger partial charge on any atom is -0.508 e. The number of phenols is 1. The normalized spacial score (nSPS) is 12.6. The molecule has 0 bridgehead atoms. The summed E-state index contributed by atoms with van der Waals surface area (Å²) >= 11 is 0. The molecule has 5 N–H and O–H groups in total. The highest BCUT2D eigenvalue weighted by Crippen LogP contribution is 2.28. The highest BCUT2D eigenvalue weighted by atomic mass is 16.6. The molecule has 0 saturated heterocycles. The minimum atomic E-state index is -1.12. The number of hydrogen-bond acceptors (Lipinski definition) is 5. The molecule has 0 spiro atoms. The molecule has 116 valence electrons. The van der Waals surface area contributed by atoms with Crippen molar-refractivity contribution in [2.45, 2.75) is 32.3 Å². The smallest absolute Gasteiger partial charge is 0.412 e. The van der Waals surface area contributed by atoms with Gasteiger partial charge in [-0.15, -0.1) is 0 Å². The molecular weight excluding hydrogens is 276 g/mol. The maximum absolute atomic E-state index is 11.6. The van der Waals surface area contributed by atoms with Crippen LogP contribution in [0.1, 0.15) is 32.3 Å². The molecule has 1 rings (SSSR count). The second kappa shape index (κ2) is 6.45. The number of rotatable bonds is 4. The largest absolute Gasteiger partial charge is 0.508 e. The van der Waals surface area contributed by atoms with Gasteiger partial charge < -0.3 is 20.7 Å². The van der Waals surface area contributed by atoms with E-state index in [1.54, 1.807) is 20.8 Å². The van der Waals surface area contributed by atoms with Gasteiger partial charge in [-0.1, -0.05) is 6.07 Å². The molecule has 7 nitrogen and oxygen atoms in total. The first kappa shape index (κ1) is 16.8. The maximum Gasteiger partial charge on any atom is 0.412 e. The number of carbonyl (C=O) groups excluding carboxylic acids is 1. The molecule has 1 aromatic rings. The predicted octanol–water partition coefficient (Wildman–Crippen LogP) is 1.87. The Labute approximate surface area is 122 Å². The van der Waals surface area contributed by atoms with Crippen LogP contribution in [0.25, 0.3) is 0 Å². The third-order valence-corrected chi connectivity index (χ3v) is 2.58. The molecule has 0 heterocycles. The Morgan fingerprint density at radius 2 is 2.00 bits per heavy atom. The van der Waals surface area contributed by atoms with E-state index in [2.05, 4.69) is 5.32 Å². The average Bonchev–Trinajstić information content (AvgIpc) is 2.29. The summed E-state index contributed by atoms with van der Waals surface area (Å²) in [6.45, 7) is 5.05. The van der Waals surface area contributed by atoms with Crippen LogP contribution in [-0.4, -0.2) is 34.4 Å². The molecule has 1 aromatic carbocycles. The van der Waals surface area contributed by atoms with Crippen molar-refractivity contribution in [2.75, 3.05) is 11.9 Å². The Morgan fingerprint density at radius 1 is 1.38 bits per heavy atom. The number of nitrogens with two attached hydrogens (primary N) is 1. The molecule has 0 aromatic heterocycles. The first-order valence-corrected chi connectivity index (χ1v) is 6.40. The second-order valence-corrected chi connectivity index (χ2v) is 5.53. The van der Waals surface area contributed by atoms with Gasteiger partial charge in [-0.25, -0.2) is 4.79 Å². The summed E-state index contributed by atoms with van der Waals surface area (Å²) < 4.78 is 5.07. The first-order chi connectivity index (χ1) is 9.64. The highest BCUT2D eigenvalue weighted by Gasteiger charge is 2.22. The van der Waals surface area contributed by atoms with Crippen LogP contribution in [0.2, 0.25) is 0 Å². The van der Waals surface area contributed by atoms with Crippen LogP contribution in [0.5, 0.6) is 5.75 Å². The van der Waals surface area contributed by atoms with Crippen molar-refractivity contribution in [3.05, 3.63) is 23.8 Å². The van der Waals surface area contributed by atoms with E-state index >= 15 is 0 Å². The molecular formula is C14H20N2O5. The zero-order chi connectivity index (χ0) is 16.2. The van der Waals surface area contributed by atoms with Gasteiger partial charge in [0.2, 0.25) is 0 Å². The fourth-order valence-corrected chi connectivity index (χ4v) is 1.70. The number of amides is 1. The number of aromatic hydroxyl groups is 1. The van der Waals surface area contributed by atoms with E-state index in [1.165, 1.54) is 18.2 Å². The lowest BCUT2D eigenvalue weighted by Gasteiger charge is -2.20. The fraction of sp³-hybridized carbons (Fsp3) is 0.429. The Morgan fingerprint density at radius 3 is 2.43 bits per heavy atom. The number of hydrogen-bond donors (Lipinski definition) is 4. The van der Waals surface area contributed by atoms with Crippen molar-refractivity contribution in [2.24, 2.45) is 5.73 Å². The van der Waals surface area contributed by atoms with Gasteiger partial charge in [-0.3, -0.25) is 10.1 Å². The van der Waals surface area contributed by atoms with Gasteiger partial charge in [0.05, 0.1) is 5.92 Å². The van der Waals surface area contributed by atoms with Crippen LogP contribution in [-0.2, 0) is 9.53 Å². The number of benzene rings is 1. The number of carboxylic acid groups (broad SMARTS) is 1. The van der Waals surface area contributed by atoms with Crippen molar-refractivity contribution in [1.82, 2.24) is 0 Å². The van der Waals surface area contributed by atoms with Crippen molar-refractivity contribution >= 4 is 17.7 Å². The number of nitrogens with one attached hydrogen (secondary N) is 1. The van der Waals surface area contributed by atoms with E-state index < -0.39 is 23.6 Å². The van der Waals surface area contributed by atoms with E-state index in [1.807, 2.05) is 0 Å². The lowest BCUT2D eigenvalue weighted by molar-refractivity contribution is -0.138. The van der Waals surface area contributed by atoms with E-state index in [9.17, 15) is 14.7 Å². The zero-order valence-electron chi connectivity index (χ0n) is 12.2. The van der Waals surface area contributed by atoms with Crippen LogP contribution in [0.4, 0.5) is 10.5 Å². The summed E-state index contributed by atoms with van der Waals surface area (Å²) in [4.78, 5) is 22.6. The van der Waals surface area contributed by atoms with Crippen LogP contribution in [0, 0.1) is 0 Å². The SMILES string of the molecule is CC(C)(C)OC(=O)Nc1ccc(C(CN)C(=O)O)c(O)c1. The number of ether oxygens (including phenoxy) is 1. The minimum absolute atomic E-state index is 0.137. The van der Waals surface area contributed by atoms with Gasteiger partial charge in [0, 0.05) is 23.9 Å². The predicted molar refractivity (Wildman–Crippen MR) is 77.4 cm³/mol. The van der Waals surface area contributed by atoms with Crippen LogP contribution in [0.15, 0.2) is 18.2 Å². The number of phenolic OH excluding ortho intramolecular Hbond substituents is 1. The summed E-state index contributed by atoms with van der Waals surface area (Å²) in [5, 5.41) is 21.3. The van der Waals surface area contributed by atoms with Gasteiger partial charge in [0.25, 0.3) is 0 Å². The molecule has 1 unspecified atom stereocenters. The number of anilines is 1. The summed E-state index contributed by atoms with van der Waals surface area (Å²) in [7, 11) is 0. The quantitative estimate of drug-likeness (QED) is 0.672. The molecule has 7 heteroatoms. The van der Waals surface area contributed by atoms with Crippen LogP contribution in [0.3, 0.4) is 0 Å². The molecule has 0 aliphatic rings. The van der Waals surface area contributed by atoms with Crippen molar-refractivity contribution < 1.29 is 24.5 Å².